The fraction of sp³-hybridized carbons (Fsp3) is 0.400. The number of carboxylic acid groups (broad SMARTS) is 2. The van der Waals surface area contributed by atoms with Crippen LogP contribution >= 0.6 is 0 Å². The van der Waals surface area contributed by atoms with Crippen molar-refractivity contribution < 1.29 is 37.8 Å². The SMILES string of the molecule is O=C(O)NCCC[C@@H](CNC(=O)c1ccccc1C(F)(F)F)NC(=O)O. The molecule has 11 heteroatoms. The van der Waals surface area contributed by atoms with Gasteiger partial charge in [0, 0.05) is 19.1 Å². The molecular formula is C15H18F3N3O5. The van der Waals surface area contributed by atoms with Gasteiger partial charge in [0.2, 0.25) is 0 Å². The molecule has 0 aromatic heterocycles. The number of benzene rings is 1. The molecule has 0 aliphatic heterocycles. The van der Waals surface area contributed by atoms with Gasteiger partial charge >= 0.3 is 18.4 Å². The van der Waals surface area contributed by atoms with Crippen molar-refractivity contribution in [2.75, 3.05) is 13.1 Å². The molecule has 8 nitrogen and oxygen atoms in total. The van der Waals surface area contributed by atoms with Gasteiger partial charge in [0.05, 0.1) is 11.1 Å². The third-order valence-electron chi connectivity index (χ3n) is 3.32. The smallest absolute Gasteiger partial charge is 0.417 e. The molecular weight excluding hydrogens is 359 g/mol. The van der Waals surface area contributed by atoms with Crippen LogP contribution in [0.25, 0.3) is 0 Å². The molecule has 0 saturated carbocycles. The lowest BCUT2D eigenvalue weighted by atomic mass is 10.1. The number of amides is 3. The number of carbonyl (C=O) groups is 3. The monoisotopic (exact) mass is 377 g/mol. The van der Waals surface area contributed by atoms with Gasteiger partial charge in [0.15, 0.2) is 0 Å². The van der Waals surface area contributed by atoms with Gasteiger partial charge in [-0.1, -0.05) is 12.1 Å². The van der Waals surface area contributed by atoms with Crippen LogP contribution in [0.15, 0.2) is 24.3 Å². The van der Waals surface area contributed by atoms with Crippen molar-refractivity contribution in [3.63, 3.8) is 0 Å². The van der Waals surface area contributed by atoms with Crippen molar-refractivity contribution in [2.24, 2.45) is 0 Å². The van der Waals surface area contributed by atoms with E-state index >= 15 is 0 Å². The number of carbonyl (C=O) groups excluding carboxylic acids is 1. The number of halogens is 3. The first-order valence-corrected chi connectivity index (χ1v) is 7.52. The highest BCUT2D eigenvalue weighted by molar-refractivity contribution is 5.95. The fourth-order valence-electron chi connectivity index (χ4n) is 2.18. The van der Waals surface area contributed by atoms with Crippen LogP contribution in [0.3, 0.4) is 0 Å². The Kier molecular flexibility index (Phi) is 7.69. The Morgan fingerprint density at radius 1 is 1.04 bits per heavy atom. The maximum atomic E-state index is 12.9. The number of hydrogen-bond donors (Lipinski definition) is 5. The maximum absolute atomic E-state index is 12.9. The Balaban J connectivity index is 2.68. The van der Waals surface area contributed by atoms with Crippen molar-refractivity contribution in [3.8, 4) is 0 Å². The predicted molar refractivity (Wildman–Crippen MR) is 84.0 cm³/mol. The topological polar surface area (TPSA) is 128 Å². The summed E-state index contributed by atoms with van der Waals surface area (Å²) in [4.78, 5) is 33.2. The highest BCUT2D eigenvalue weighted by Gasteiger charge is 2.34. The van der Waals surface area contributed by atoms with Gasteiger partial charge in [-0.2, -0.15) is 13.2 Å². The van der Waals surface area contributed by atoms with E-state index in [-0.39, 0.29) is 25.9 Å². The molecule has 0 heterocycles. The van der Waals surface area contributed by atoms with Crippen molar-refractivity contribution in [3.05, 3.63) is 35.4 Å². The summed E-state index contributed by atoms with van der Waals surface area (Å²) in [6.07, 6.45) is -6.86. The van der Waals surface area contributed by atoms with Crippen molar-refractivity contribution in [2.45, 2.75) is 25.1 Å². The molecule has 144 valence electrons. The summed E-state index contributed by atoms with van der Waals surface area (Å²) in [5.74, 6) is -0.987. The molecule has 5 N–H and O–H groups in total. The molecule has 0 radical (unpaired) electrons. The molecule has 0 spiro atoms. The highest BCUT2D eigenvalue weighted by atomic mass is 19.4. The zero-order valence-electron chi connectivity index (χ0n) is 13.5. The summed E-state index contributed by atoms with van der Waals surface area (Å²) in [7, 11) is 0. The molecule has 1 aromatic carbocycles. The molecule has 0 aliphatic rings. The Morgan fingerprint density at radius 2 is 1.69 bits per heavy atom. The quantitative estimate of drug-likeness (QED) is 0.444. The molecule has 1 aromatic rings. The van der Waals surface area contributed by atoms with E-state index in [4.69, 9.17) is 10.2 Å². The lowest BCUT2D eigenvalue weighted by Gasteiger charge is -2.18. The standard InChI is InChI=1S/C15H18F3N3O5/c16-15(17,18)11-6-2-1-5-10(11)12(22)20-8-9(21-14(25)26)4-3-7-19-13(23)24/h1-2,5-6,9,19,21H,3-4,7-8H2,(H,20,22)(H,23,24)(H,25,26)/t9-/m0/s1. The molecule has 1 atom stereocenters. The number of nitrogens with one attached hydrogen (secondary N) is 3. The van der Waals surface area contributed by atoms with Gasteiger partial charge in [0.25, 0.3) is 5.91 Å². The van der Waals surface area contributed by atoms with Crippen molar-refractivity contribution >= 4 is 18.1 Å². The summed E-state index contributed by atoms with van der Waals surface area (Å²) < 4.78 is 38.8. The summed E-state index contributed by atoms with van der Waals surface area (Å²) in [6.45, 7) is -0.178. The second kappa shape index (κ2) is 9.49. The van der Waals surface area contributed by atoms with Gasteiger partial charge < -0.3 is 26.2 Å². The molecule has 3 amide bonds. The average Bonchev–Trinajstić information content (AvgIpc) is 2.54. The van der Waals surface area contributed by atoms with Gasteiger partial charge in [-0.3, -0.25) is 4.79 Å². The minimum absolute atomic E-state index is 0.0674. The van der Waals surface area contributed by atoms with Crippen LogP contribution in [0.5, 0.6) is 0 Å². The van der Waals surface area contributed by atoms with Gasteiger partial charge in [-0.25, -0.2) is 9.59 Å². The van der Waals surface area contributed by atoms with E-state index in [1.807, 2.05) is 0 Å². The molecule has 1 rings (SSSR count). The van der Waals surface area contributed by atoms with E-state index in [9.17, 15) is 27.6 Å². The van der Waals surface area contributed by atoms with E-state index < -0.39 is 41.4 Å². The third kappa shape index (κ3) is 7.28. The zero-order chi connectivity index (χ0) is 19.7. The highest BCUT2D eigenvalue weighted by Crippen LogP contribution is 2.31. The molecule has 0 bridgehead atoms. The zero-order valence-corrected chi connectivity index (χ0v) is 13.5. The van der Waals surface area contributed by atoms with Gasteiger partial charge in [-0.05, 0) is 25.0 Å². The molecule has 26 heavy (non-hydrogen) atoms. The summed E-state index contributed by atoms with van der Waals surface area (Å²) in [5, 5.41) is 23.7. The number of hydrogen-bond acceptors (Lipinski definition) is 3. The maximum Gasteiger partial charge on any atom is 0.417 e. The minimum atomic E-state index is -4.70. The van der Waals surface area contributed by atoms with E-state index in [2.05, 4.69) is 16.0 Å². The third-order valence-corrected chi connectivity index (χ3v) is 3.32. The van der Waals surface area contributed by atoms with Crippen LogP contribution in [-0.2, 0) is 6.18 Å². The number of alkyl halides is 3. The van der Waals surface area contributed by atoms with E-state index in [1.165, 1.54) is 6.07 Å². The van der Waals surface area contributed by atoms with Crippen molar-refractivity contribution in [1.29, 1.82) is 0 Å². The predicted octanol–water partition coefficient (Wildman–Crippen LogP) is 2.12. The average molecular weight is 377 g/mol. The summed E-state index contributed by atoms with van der Waals surface area (Å²) in [6, 6.07) is 3.46. The van der Waals surface area contributed by atoms with Gasteiger partial charge in [-0.15, -0.1) is 0 Å². The molecule has 0 fully saturated rings. The number of rotatable bonds is 8. The second-order valence-corrected chi connectivity index (χ2v) is 5.27. The van der Waals surface area contributed by atoms with E-state index in [1.54, 1.807) is 0 Å². The minimum Gasteiger partial charge on any atom is -0.465 e. The van der Waals surface area contributed by atoms with Crippen LogP contribution < -0.4 is 16.0 Å². The second-order valence-electron chi connectivity index (χ2n) is 5.27. The largest absolute Gasteiger partial charge is 0.465 e. The van der Waals surface area contributed by atoms with E-state index in [0.717, 1.165) is 18.2 Å². The van der Waals surface area contributed by atoms with Crippen LogP contribution in [-0.4, -0.2) is 47.4 Å². The Hall–Kier alpha value is -2.98. The lowest BCUT2D eigenvalue weighted by molar-refractivity contribution is -0.137. The van der Waals surface area contributed by atoms with Crippen molar-refractivity contribution in [1.82, 2.24) is 16.0 Å². The first-order valence-electron chi connectivity index (χ1n) is 7.52. The molecule has 0 saturated heterocycles. The van der Waals surface area contributed by atoms with Gasteiger partial charge in [0.1, 0.15) is 0 Å². The molecule has 0 aliphatic carbocycles. The lowest BCUT2D eigenvalue weighted by Crippen LogP contribution is -2.43. The van der Waals surface area contributed by atoms with E-state index in [0.29, 0.717) is 0 Å². The van der Waals surface area contributed by atoms with Crippen LogP contribution in [0, 0.1) is 0 Å². The van der Waals surface area contributed by atoms with Crippen LogP contribution in [0.4, 0.5) is 22.8 Å². The molecule has 0 unspecified atom stereocenters. The van der Waals surface area contributed by atoms with Crippen LogP contribution in [0.2, 0.25) is 0 Å². The Morgan fingerprint density at radius 3 is 2.27 bits per heavy atom. The first-order chi connectivity index (χ1) is 12.1. The van der Waals surface area contributed by atoms with Crippen LogP contribution in [0.1, 0.15) is 28.8 Å². The normalized spacial score (nSPS) is 12.1. The fourth-order valence-corrected chi connectivity index (χ4v) is 2.18. The first kappa shape index (κ1) is 21.1. The Bertz CT molecular complexity index is 652. The Labute approximate surface area is 146 Å². The summed E-state index contributed by atoms with van der Waals surface area (Å²) >= 11 is 0. The summed E-state index contributed by atoms with van der Waals surface area (Å²) in [5.41, 5.74) is -1.66.